The number of sulfonamides is 1. The third kappa shape index (κ3) is 3.26. The molecule has 22 heavy (non-hydrogen) atoms. The molecule has 1 amide bonds. The molecule has 0 aliphatic rings. The van der Waals surface area contributed by atoms with Crippen LogP contribution in [0.1, 0.15) is 10.4 Å². The van der Waals surface area contributed by atoms with Crippen LogP contribution in [0.2, 0.25) is 0 Å². The summed E-state index contributed by atoms with van der Waals surface area (Å²) in [4.78, 5) is 12.1. The van der Waals surface area contributed by atoms with Crippen LogP contribution >= 0.6 is 0 Å². The van der Waals surface area contributed by atoms with Crippen LogP contribution in [0.3, 0.4) is 0 Å². The van der Waals surface area contributed by atoms with Gasteiger partial charge in [0, 0.05) is 5.56 Å². The van der Waals surface area contributed by atoms with E-state index in [2.05, 4.69) is 0 Å². The van der Waals surface area contributed by atoms with Crippen LogP contribution in [-0.2, 0) is 10.0 Å². The van der Waals surface area contributed by atoms with E-state index in [1.807, 2.05) is 5.43 Å². The summed E-state index contributed by atoms with van der Waals surface area (Å²) in [6, 6.07) is 8.61. The van der Waals surface area contributed by atoms with Gasteiger partial charge in [-0.05, 0) is 24.3 Å². The van der Waals surface area contributed by atoms with Gasteiger partial charge in [-0.25, -0.2) is 21.6 Å². The van der Waals surface area contributed by atoms with Gasteiger partial charge in [-0.15, -0.1) is 4.83 Å². The molecule has 0 unspecified atom stereocenters. The van der Waals surface area contributed by atoms with Crippen molar-refractivity contribution < 1.29 is 26.4 Å². The average Bonchev–Trinajstić information content (AvgIpc) is 2.51. The molecule has 0 atom stereocenters. The van der Waals surface area contributed by atoms with Gasteiger partial charge in [-0.1, -0.05) is 18.2 Å². The molecular weight excluding hydrogens is 321 g/mol. The number of amides is 1. The van der Waals surface area contributed by atoms with E-state index in [0.717, 1.165) is 0 Å². The molecule has 9 heteroatoms. The highest BCUT2D eigenvalue weighted by Crippen LogP contribution is 2.19. The Morgan fingerprint density at radius 3 is 2.18 bits per heavy atom. The van der Waals surface area contributed by atoms with Gasteiger partial charge in [0.05, 0.1) is 0 Å². The maximum Gasteiger partial charge on any atom is 0.266 e. The van der Waals surface area contributed by atoms with Crippen LogP contribution in [0.25, 0.3) is 0 Å². The van der Waals surface area contributed by atoms with E-state index in [0.29, 0.717) is 12.1 Å². The smallest absolute Gasteiger partial charge is 0.266 e. The topological polar surface area (TPSA) is 75.3 Å². The summed E-state index contributed by atoms with van der Waals surface area (Å²) in [5, 5.41) is 0. The molecule has 0 heterocycles. The lowest BCUT2D eigenvalue weighted by Crippen LogP contribution is -2.41. The third-order valence-corrected chi connectivity index (χ3v) is 3.89. The predicted octanol–water partition coefficient (Wildman–Crippen LogP) is 1.73. The Hall–Kier alpha value is -2.39. The number of nitrogens with one attached hydrogen (secondary N) is 2. The largest absolute Gasteiger partial charge is 0.273 e. The maximum atomic E-state index is 13.5. The Balaban J connectivity index is 2.19. The fraction of sp³-hybridized carbons (Fsp3) is 0. The molecule has 2 aromatic carbocycles. The van der Waals surface area contributed by atoms with Crippen LogP contribution in [0, 0.1) is 17.5 Å². The second-order valence-corrected chi connectivity index (χ2v) is 5.75. The molecule has 0 fully saturated rings. The summed E-state index contributed by atoms with van der Waals surface area (Å²) in [5.41, 5.74) is 1.99. The summed E-state index contributed by atoms with van der Waals surface area (Å²) in [6.07, 6.45) is 0. The number of carbonyl (C=O) groups excluding carboxylic acids is 1. The molecule has 5 nitrogen and oxygen atoms in total. The number of benzene rings is 2. The zero-order valence-electron chi connectivity index (χ0n) is 10.8. The standard InChI is InChI=1S/C13H9F3N2O3S/c14-9-6-7-10(12(16)11(9)15)22(20,21)18-17-13(19)8-4-2-1-3-5-8/h1-7,18H,(H,17,19). The molecule has 0 saturated carbocycles. The first-order valence-corrected chi connectivity index (χ1v) is 7.32. The number of hydrazine groups is 1. The fourth-order valence-electron chi connectivity index (χ4n) is 1.55. The summed E-state index contributed by atoms with van der Waals surface area (Å²) in [5.74, 6) is -6.12. The number of rotatable bonds is 4. The molecular formula is C13H9F3N2O3S. The van der Waals surface area contributed by atoms with Gasteiger partial charge < -0.3 is 0 Å². The Kier molecular flexibility index (Phi) is 4.48. The Morgan fingerprint density at radius 1 is 0.909 bits per heavy atom. The molecule has 0 bridgehead atoms. The van der Waals surface area contributed by atoms with E-state index in [-0.39, 0.29) is 5.56 Å². The lowest BCUT2D eigenvalue weighted by Gasteiger charge is -2.09. The molecule has 0 saturated heterocycles. The lowest BCUT2D eigenvalue weighted by molar-refractivity contribution is 0.0945. The van der Waals surface area contributed by atoms with Crippen molar-refractivity contribution >= 4 is 15.9 Å². The van der Waals surface area contributed by atoms with Crippen molar-refractivity contribution in [3.8, 4) is 0 Å². The van der Waals surface area contributed by atoms with Gasteiger partial charge in [0.15, 0.2) is 17.5 Å². The molecule has 0 aliphatic carbocycles. The van der Waals surface area contributed by atoms with Crippen LogP contribution in [0.15, 0.2) is 47.4 Å². The second kappa shape index (κ2) is 6.16. The summed E-state index contributed by atoms with van der Waals surface area (Å²) >= 11 is 0. The Morgan fingerprint density at radius 2 is 1.55 bits per heavy atom. The van der Waals surface area contributed by atoms with E-state index in [1.165, 1.54) is 12.1 Å². The first-order chi connectivity index (χ1) is 10.3. The van der Waals surface area contributed by atoms with Crippen molar-refractivity contribution in [2.75, 3.05) is 0 Å². The van der Waals surface area contributed by atoms with Crippen LogP contribution in [-0.4, -0.2) is 14.3 Å². The van der Waals surface area contributed by atoms with E-state index in [4.69, 9.17) is 0 Å². The van der Waals surface area contributed by atoms with Gasteiger partial charge in [0.2, 0.25) is 0 Å². The predicted molar refractivity (Wildman–Crippen MR) is 70.5 cm³/mol. The fourth-order valence-corrected chi connectivity index (χ4v) is 2.46. The van der Waals surface area contributed by atoms with Gasteiger partial charge in [0.25, 0.3) is 15.9 Å². The van der Waals surface area contributed by atoms with Gasteiger partial charge >= 0.3 is 0 Å². The second-order valence-electron chi connectivity index (χ2n) is 4.10. The first-order valence-electron chi connectivity index (χ1n) is 5.83. The molecule has 2 rings (SSSR count). The Bertz CT molecular complexity index is 811. The third-order valence-electron chi connectivity index (χ3n) is 2.62. The molecule has 2 aromatic rings. The van der Waals surface area contributed by atoms with Crippen molar-refractivity contribution in [2.24, 2.45) is 0 Å². The molecule has 0 radical (unpaired) electrons. The van der Waals surface area contributed by atoms with Crippen molar-refractivity contribution in [1.82, 2.24) is 10.3 Å². The van der Waals surface area contributed by atoms with E-state index < -0.39 is 38.3 Å². The van der Waals surface area contributed by atoms with Gasteiger partial charge in [0.1, 0.15) is 4.90 Å². The molecule has 0 aliphatic heterocycles. The average molecular weight is 330 g/mol. The van der Waals surface area contributed by atoms with Crippen LogP contribution in [0.5, 0.6) is 0 Å². The minimum atomic E-state index is -4.60. The number of carbonyl (C=O) groups is 1. The van der Waals surface area contributed by atoms with Crippen molar-refractivity contribution in [3.63, 3.8) is 0 Å². The minimum Gasteiger partial charge on any atom is -0.273 e. The van der Waals surface area contributed by atoms with Crippen LogP contribution in [0.4, 0.5) is 13.2 Å². The van der Waals surface area contributed by atoms with Gasteiger partial charge in [-0.2, -0.15) is 0 Å². The van der Waals surface area contributed by atoms with Crippen LogP contribution < -0.4 is 10.3 Å². The quantitative estimate of drug-likeness (QED) is 0.662. The zero-order valence-corrected chi connectivity index (χ0v) is 11.6. The summed E-state index contributed by atoms with van der Waals surface area (Å²) in [6.45, 7) is 0. The van der Waals surface area contributed by atoms with Crippen molar-refractivity contribution in [3.05, 3.63) is 65.5 Å². The summed E-state index contributed by atoms with van der Waals surface area (Å²) < 4.78 is 62.9. The maximum absolute atomic E-state index is 13.5. The Labute approximate surface area is 123 Å². The minimum absolute atomic E-state index is 0.149. The van der Waals surface area contributed by atoms with Crippen molar-refractivity contribution in [1.29, 1.82) is 0 Å². The van der Waals surface area contributed by atoms with E-state index in [9.17, 15) is 26.4 Å². The number of halogens is 3. The number of hydrogen-bond donors (Lipinski definition) is 2. The van der Waals surface area contributed by atoms with Gasteiger partial charge in [-0.3, -0.25) is 10.2 Å². The first kappa shape index (κ1) is 16.0. The SMILES string of the molecule is O=C(NNS(=O)(=O)c1ccc(F)c(F)c1F)c1ccccc1. The molecule has 2 N–H and O–H groups in total. The monoisotopic (exact) mass is 330 g/mol. The molecule has 116 valence electrons. The highest BCUT2D eigenvalue weighted by molar-refractivity contribution is 7.89. The lowest BCUT2D eigenvalue weighted by atomic mass is 10.2. The highest BCUT2D eigenvalue weighted by atomic mass is 32.2. The molecule has 0 aromatic heterocycles. The van der Waals surface area contributed by atoms with Crippen molar-refractivity contribution in [2.45, 2.75) is 4.90 Å². The highest BCUT2D eigenvalue weighted by Gasteiger charge is 2.24. The summed E-state index contributed by atoms with van der Waals surface area (Å²) in [7, 11) is -4.60. The normalized spacial score (nSPS) is 11.2. The van der Waals surface area contributed by atoms with E-state index >= 15 is 0 Å². The van der Waals surface area contributed by atoms with E-state index in [1.54, 1.807) is 23.0 Å². The zero-order chi connectivity index (χ0) is 16.3. The molecule has 0 spiro atoms. The number of hydrogen-bond acceptors (Lipinski definition) is 3.